The van der Waals surface area contributed by atoms with Gasteiger partial charge in [-0.15, -0.1) is 0 Å². The van der Waals surface area contributed by atoms with Gasteiger partial charge >= 0.3 is 0 Å². The van der Waals surface area contributed by atoms with Crippen LogP contribution in [0.1, 0.15) is 24.9 Å². The standard InChI is InChI=1S/C10H20N4/c1-9(13(2)6-4-5-11)10-7-12-14(3)8-10/h7-9H,4-6,11H2,1-3H3. The minimum absolute atomic E-state index is 0.412. The molecule has 0 aliphatic heterocycles. The van der Waals surface area contributed by atoms with Gasteiger partial charge in [-0.1, -0.05) is 0 Å². The first-order chi connectivity index (χ1) is 6.65. The number of aryl methyl sites for hydroxylation is 1. The van der Waals surface area contributed by atoms with Crippen molar-refractivity contribution in [3.63, 3.8) is 0 Å². The third kappa shape index (κ3) is 2.82. The predicted molar refractivity (Wildman–Crippen MR) is 57.9 cm³/mol. The molecule has 0 fully saturated rings. The lowest BCUT2D eigenvalue weighted by atomic mass is 10.1. The van der Waals surface area contributed by atoms with Crippen molar-refractivity contribution < 1.29 is 0 Å². The summed E-state index contributed by atoms with van der Waals surface area (Å²) in [5.41, 5.74) is 6.73. The van der Waals surface area contributed by atoms with E-state index in [0.717, 1.165) is 19.5 Å². The second-order valence-electron chi connectivity index (χ2n) is 3.75. The van der Waals surface area contributed by atoms with E-state index in [0.29, 0.717) is 6.04 Å². The molecular weight excluding hydrogens is 176 g/mol. The Balaban J connectivity index is 2.51. The lowest BCUT2D eigenvalue weighted by molar-refractivity contribution is 0.260. The molecule has 4 nitrogen and oxygen atoms in total. The normalized spacial score (nSPS) is 13.5. The van der Waals surface area contributed by atoms with Crippen LogP contribution >= 0.6 is 0 Å². The van der Waals surface area contributed by atoms with Gasteiger partial charge in [0.25, 0.3) is 0 Å². The van der Waals surface area contributed by atoms with E-state index >= 15 is 0 Å². The van der Waals surface area contributed by atoms with Crippen molar-refractivity contribution in [3.05, 3.63) is 18.0 Å². The largest absolute Gasteiger partial charge is 0.330 e. The zero-order chi connectivity index (χ0) is 10.6. The van der Waals surface area contributed by atoms with Crippen molar-refractivity contribution in [1.82, 2.24) is 14.7 Å². The van der Waals surface area contributed by atoms with Gasteiger partial charge in [0.2, 0.25) is 0 Å². The molecule has 0 radical (unpaired) electrons. The Labute approximate surface area is 85.7 Å². The summed E-state index contributed by atoms with van der Waals surface area (Å²) in [5, 5.41) is 4.17. The van der Waals surface area contributed by atoms with Crippen molar-refractivity contribution in [2.24, 2.45) is 12.8 Å². The van der Waals surface area contributed by atoms with Crippen LogP contribution < -0.4 is 5.73 Å². The van der Waals surface area contributed by atoms with Gasteiger partial charge in [-0.05, 0) is 33.5 Å². The fourth-order valence-corrected chi connectivity index (χ4v) is 1.44. The van der Waals surface area contributed by atoms with E-state index in [1.807, 2.05) is 17.9 Å². The summed E-state index contributed by atoms with van der Waals surface area (Å²) in [7, 11) is 4.06. The molecule has 0 amide bonds. The van der Waals surface area contributed by atoms with Crippen LogP contribution in [0, 0.1) is 0 Å². The average Bonchev–Trinajstić information content (AvgIpc) is 2.60. The highest BCUT2D eigenvalue weighted by Crippen LogP contribution is 2.17. The molecule has 0 saturated heterocycles. The topological polar surface area (TPSA) is 47.1 Å². The minimum atomic E-state index is 0.412. The Kier molecular flexibility index (Phi) is 4.10. The summed E-state index contributed by atoms with van der Waals surface area (Å²) in [6.45, 7) is 3.98. The fraction of sp³-hybridized carbons (Fsp3) is 0.700. The van der Waals surface area contributed by atoms with E-state index in [9.17, 15) is 0 Å². The summed E-state index contributed by atoms with van der Waals surface area (Å²) in [5.74, 6) is 0. The van der Waals surface area contributed by atoms with Gasteiger partial charge in [-0.3, -0.25) is 9.58 Å². The first-order valence-corrected chi connectivity index (χ1v) is 5.04. The van der Waals surface area contributed by atoms with Crippen LogP contribution in [0.15, 0.2) is 12.4 Å². The van der Waals surface area contributed by atoms with E-state index < -0.39 is 0 Å². The van der Waals surface area contributed by atoms with E-state index in [4.69, 9.17) is 5.73 Å². The first kappa shape index (κ1) is 11.2. The molecule has 0 bridgehead atoms. The Morgan fingerprint density at radius 1 is 1.64 bits per heavy atom. The highest BCUT2D eigenvalue weighted by Gasteiger charge is 2.12. The lowest BCUT2D eigenvalue weighted by Crippen LogP contribution is -2.24. The zero-order valence-corrected chi connectivity index (χ0v) is 9.27. The van der Waals surface area contributed by atoms with E-state index in [-0.39, 0.29) is 0 Å². The molecule has 1 aromatic heterocycles. The molecule has 14 heavy (non-hydrogen) atoms. The van der Waals surface area contributed by atoms with Crippen LogP contribution in [0.25, 0.3) is 0 Å². The molecule has 0 aliphatic carbocycles. The SMILES string of the molecule is CC(c1cnn(C)c1)N(C)CCCN. The summed E-state index contributed by atoms with van der Waals surface area (Å²) in [6.07, 6.45) is 5.02. The van der Waals surface area contributed by atoms with E-state index in [1.54, 1.807) is 0 Å². The van der Waals surface area contributed by atoms with Crippen molar-refractivity contribution in [2.45, 2.75) is 19.4 Å². The van der Waals surface area contributed by atoms with Crippen LogP contribution in [0.5, 0.6) is 0 Å². The minimum Gasteiger partial charge on any atom is -0.330 e. The number of rotatable bonds is 5. The molecule has 1 atom stereocenters. The van der Waals surface area contributed by atoms with Crippen molar-refractivity contribution in [3.8, 4) is 0 Å². The molecule has 0 spiro atoms. The fourth-order valence-electron chi connectivity index (χ4n) is 1.44. The van der Waals surface area contributed by atoms with Crippen molar-refractivity contribution >= 4 is 0 Å². The Bertz CT molecular complexity index is 269. The Morgan fingerprint density at radius 2 is 2.36 bits per heavy atom. The number of nitrogens with two attached hydrogens (primary N) is 1. The van der Waals surface area contributed by atoms with Crippen LogP contribution in [-0.2, 0) is 7.05 Å². The molecule has 0 aliphatic rings. The summed E-state index contributed by atoms with van der Waals surface area (Å²) in [4.78, 5) is 2.30. The summed E-state index contributed by atoms with van der Waals surface area (Å²) >= 11 is 0. The average molecular weight is 196 g/mol. The van der Waals surface area contributed by atoms with Crippen LogP contribution in [0.4, 0.5) is 0 Å². The zero-order valence-electron chi connectivity index (χ0n) is 9.27. The molecule has 80 valence electrons. The van der Waals surface area contributed by atoms with Gasteiger partial charge in [-0.2, -0.15) is 5.10 Å². The third-order valence-corrected chi connectivity index (χ3v) is 2.58. The molecule has 0 saturated carbocycles. The van der Waals surface area contributed by atoms with E-state index in [2.05, 4.69) is 30.2 Å². The van der Waals surface area contributed by atoms with E-state index in [1.165, 1.54) is 5.56 Å². The highest BCUT2D eigenvalue weighted by molar-refractivity contribution is 5.08. The second-order valence-corrected chi connectivity index (χ2v) is 3.75. The highest BCUT2D eigenvalue weighted by atomic mass is 15.2. The van der Waals surface area contributed by atoms with Crippen LogP contribution in [-0.4, -0.2) is 34.8 Å². The van der Waals surface area contributed by atoms with Gasteiger partial charge in [0.15, 0.2) is 0 Å². The molecule has 0 aromatic carbocycles. The smallest absolute Gasteiger partial charge is 0.0537 e. The van der Waals surface area contributed by atoms with Gasteiger partial charge in [-0.25, -0.2) is 0 Å². The maximum Gasteiger partial charge on any atom is 0.0537 e. The number of hydrogen-bond donors (Lipinski definition) is 1. The van der Waals surface area contributed by atoms with Crippen molar-refractivity contribution in [2.75, 3.05) is 20.1 Å². The molecule has 1 rings (SSSR count). The van der Waals surface area contributed by atoms with Gasteiger partial charge < -0.3 is 5.73 Å². The van der Waals surface area contributed by atoms with Crippen molar-refractivity contribution in [1.29, 1.82) is 0 Å². The lowest BCUT2D eigenvalue weighted by Gasteiger charge is -2.23. The second kappa shape index (κ2) is 5.12. The molecule has 1 unspecified atom stereocenters. The van der Waals surface area contributed by atoms with Crippen LogP contribution in [0.2, 0.25) is 0 Å². The maximum atomic E-state index is 5.48. The quantitative estimate of drug-likeness (QED) is 0.756. The van der Waals surface area contributed by atoms with Gasteiger partial charge in [0.1, 0.15) is 0 Å². The Morgan fingerprint density at radius 3 is 2.86 bits per heavy atom. The number of hydrogen-bond acceptors (Lipinski definition) is 3. The molecule has 1 aromatic rings. The maximum absolute atomic E-state index is 5.48. The predicted octanol–water partition coefficient (Wildman–Crippen LogP) is 0.762. The number of nitrogens with zero attached hydrogens (tertiary/aromatic N) is 3. The first-order valence-electron chi connectivity index (χ1n) is 5.04. The molecular formula is C10H20N4. The molecule has 2 N–H and O–H groups in total. The summed E-state index contributed by atoms with van der Waals surface area (Å²) < 4.78 is 1.84. The molecule has 4 heteroatoms. The third-order valence-electron chi connectivity index (χ3n) is 2.58. The van der Waals surface area contributed by atoms with Crippen LogP contribution in [0.3, 0.4) is 0 Å². The van der Waals surface area contributed by atoms with Gasteiger partial charge in [0.05, 0.1) is 6.20 Å². The monoisotopic (exact) mass is 196 g/mol. The van der Waals surface area contributed by atoms with Gasteiger partial charge in [0, 0.05) is 24.8 Å². The number of aromatic nitrogens is 2. The molecule has 1 heterocycles. The Hall–Kier alpha value is -0.870. The summed E-state index contributed by atoms with van der Waals surface area (Å²) in [6, 6.07) is 0.412.